The van der Waals surface area contributed by atoms with E-state index in [-0.39, 0.29) is 12.0 Å². The molecule has 2 atom stereocenters. The summed E-state index contributed by atoms with van der Waals surface area (Å²) in [6.45, 7) is 0.444. The molecule has 1 amide bonds. The molecule has 3 heterocycles. The largest absolute Gasteiger partial charge is 0.465 e. The molecule has 164 valence electrons. The third-order valence-electron chi connectivity index (χ3n) is 6.04. The van der Waals surface area contributed by atoms with Crippen LogP contribution in [-0.2, 0) is 0 Å². The van der Waals surface area contributed by atoms with Crippen LogP contribution < -0.4 is 0 Å². The van der Waals surface area contributed by atoms with E-state index in [1.165, 1.54) is 4.90 Å². The first-order valence-electron chi connectivity index (χ1n) is 10.6. The Morgan fingerprint density at radius 3 is 2.91 bits per heavy atom. The van der Waals surface area contributed by atoms with Crippen LogP contribution in [0.4, 0.5) is 4.79 Å². The normalized spacial score (nSPS) is 20.9. The standard InChI is InChI=1S/C24H22ClN3O3S/c25-18-9-5-4-8-17(18)21-12-16(10-11-28(21)24(29)30)23-26-20(14-32-23)19-13-22(31-27-19)15-6-2-1-3-7-15/h2,4-9,13-14,16,21H,1,3,10-12H2,(H,29,30). The van der Waals surface area contributed by atoms with Gasteiger partial charge in [-0.05, 0) is 37.3 Å². The smallest absolute Gasteiger partial charge is 0.407 e. The molecule has 8 heteroatoms. The highest BCUT2D eigenvalue weighted by atomic mass is 35.5. The van der Waals surface area contributed by atoms with Gasteiger partial charge < -0.3 is 14.5 Å². The van der Waals surface area contributed by atoms with E-state index in [0.717, 1.165) is 46.9 Å². The molecule has 1 N–H and O–H groups in total. The zero-order chi connectivity index (χ0) is 22.1. The monoisotopic (exact) mass is 467 g/mol. The number of aromatic nitrogens is 2. The summed E-state index contributed by atoms with van der Waals surface area (Å²) in [5.74, 6) is 0.903. The Bertz CT molecular complexity index is 1200. The number of rotatable bonds is 4. The first-order chi connectivity index (χ1) is 15.6. The summed E-state index contributed by atoms with van der Waals surface area (Å²) in [5.41, 5.74) is 3.39. The lowest BCUT2D eigenvalue weighted by Gasteiger charge is -2.37. The fourth-order valence-electron chi connectivity index (χ4n) is 4.38. The van der Waals surface area contributed by atoms with Crippen molar-refractivity contribution in [2.45, 2.75) is 37.6 Å². The lowest BCUT2D eigenvalue weighted by Crippen LogP contribution is -2.39. The Labute approximate surface area is 194 Å². The number of carbonyl (C=O) groups is 1. The van der Waals surface area contributed by atoms with Crippen molar-refractivity contribution in [2.75, 3.05) is 6.54 Å². The quantitative estimate of drug-likeness (QED) is 0.457. The van der Waals surface area contributed by atoms with Crippen LogP contribution in [0.3, 0.4) is 0 Å². The second kappa shape index (κ2) is 8.92. The van der Waals surface area contributed by atoms with Gasteiger partial charge in [-0.3, -0.25) is 0 Å². The minimum atomic E-state index is -0.922. The average Bonchev–Trinajstić information content (AvgIpc) is 3.50. The number of halogens is 1. The Morgan fingerprint density at radius 2 is 2.12 bits per heavy atom. The molecule has 0 radical (unpaired) electrons. The number of benzene rings is 1. The molecule has 0 bridgehead atoms. The highest BCUT2D eigenvalue weighted by Crippen LogP contribution is 2.42. The van der Waals surface area contributed by atoms with Crippen molar-refractivity contribution in [3.05, 3.63) is 75.3 Å². The Morgan fingerprint density at radius 1 is 1.25 bits per heavy atom. The van der Waals surface area contributed by atoms with Crippen LogP contribution in [0.2, 0.25) is 5.02 Å². The SMILES string of the molecule is O=C(O)N1CCC(c2nc(-c3cc(C4=CCCC=C4)on3)cs2)CC1c1ccccc1Cl. The molecular weight excluding hydrogens is 446 g/mol. The summed E-state index contributed by atoms with van der Waals surface area (Å²) in [7, 11) is 0. The van der Waals surface area contributed by atoms with Crippen LogP contribution >= 0.6 is 22.9 Å². The Hall–Kier alpha value is -2.90. The maximum Gasteiger partial charge on any atom is 0.407 e. The summed E-state index contributed by atoms with van der Waals surface area (Å²) in [4.78, 5) is 18.2. The topological polar surface area (TPSA) is 79.5 Å². The number of piperidine rings is 1. The highest BCUT2D eigenvalue weighted by molar-refractivity contribution is 7.10. The molecule has 1 saturated heterocycles. The van der Waals surface area contributed by atoms with Gasteiger partial charge in [-0.15, -0.1) is 11.3 Å². The van der Waals surface area contributed by atoms with Gasteiger partial charge in [-0.2, -0.15) is 0 Å². The van der Waals surface area contributed by atoms with Crippen LogP contribution in [0.25, 0.3) is 17.0 Å². The fourth-order valence-corrected chi connectivity index (χ4v) is 5.60. The summed E-state index contributed by atoms with van der Waals surface area (Å²) in [6, 6.07) is 9.10. The van der Waals surface area contributed by atoms with Crippen molar-refractivity contribution in [1.82, 2.24) is 15.0 Å². The van der Waals surface area contributed by atoms with E-state index in [1.54, 1.807) is 17.4 Å². The molecule has 1 aromatic carbocycles. The van der Waals surface area contributed by atoms with Crippen molar-refractivity contribution >= 4 is 34.6 Å². The van der Waals surface area contributed by atoms with E-state index < -0.39 is 6.09 Å². The lowest BCUT2D eigenvalue weighted by molar-refractivity contribution is 0.101. The number of likely N-dealkylation sites (tertiary alicyclic amines) is 1. The fraction of sp³-hybridized carbons (Fsp3) is 0.292. The molecule has 2 unspecified atom stereocenters. The second-order valence-electron chi connectivity index (χ2n) is 8.02. The van der Waals surface area contributed by atoms with Gasteiger partial charge in [-0.25, -0.2) is 9.78 Å². The van der Waals surface area contributed by atoms with Crippen LogP contribution in [0.5, 0.6) is 0 Å². The van der Waals surface area contributed by atoms with Gasteiger partial charge in [0.2, 0.25) is 0 Å². The van der Waals surface area contributed by atoms with E-state index in [9.17, 15) is 9.90 Å². The highest BCUT2D eigenvalue weighted by Gasteiger charge is 2.35. The molecule has 0 saturated carbocycles. The summed E-state index contributed by atoms with van der Waals surface area (Å²) >= 11 is 8.00. The molecule has 2 aliphatic rings. The molecule has 1 fully saturated rings. The predicted octanol–water partition coefficient (Wildman–Crippen LogP) is 6.78. The van der Waals surface area contributed by atoms with Crippen molar-refractivity contribution in [3.63, 3.8) is 0 Å². The van der Waals surface area contributed by atoms with Gasteiger partial charge in [0.15, 0.2) is 5.76 Å². The molecule has 32 heavy (non-hydrogen) atoms. The van der Waals surface area contributed by atoms with Gasteiger partial charge in [0.25, 0.3) is 0 Å². The number of thiazole rings is 1. The van der Waals surface area contributed by atoms with Gasteiger partial charge >= 0.3 is 6.09 Å². The Kier molecular flexibility index (Phi) is 5.85. The van der Waals surface area contributed by atoms with Crippen LogP contribution in [-0.4, -0.2) is 32.8 Å². The van der Waals surface area contributed by atoms with E-state index >= 15 is 0 Å². The van der Waals surface area contributed by atoms with E-state index in [1.807, 2.05) is 29.6 Å². The Balaban J connectivity index is 1.38. The summed E-state index contributed by atoms with van der Waals surface area (Å²) in [6.07, 6.45) is 8.85. The average molecular weight is 468 g/mol. The lowest BCUT2D eigenvalue weighted by atomic mass is 9.87. The molecular formula is C24H22ClN3O3S. The molecule has 3 aromatic rings. The maximum atomic E-state index is 11.9. The first kappa shape index (κ1) is 21.0. The van der Waals surface area contributed by atoms with Gasteiger partial charge in [0.1, 0.15) is 11.4 Å². The number of carboxylic acid groups (broad SMARTS) is 1. The first-order valence-corrected chi connectivity index (χ1v) is 11.9. The molecule has 1 aliphatic carbocycles. The minimum absolute atomic E-state index is 0.154. The molecule has 5 rings (SSSR count). The van der Waals surface area contributed by atoms with Crippen molar-refractivity contribution in [1.29, 1.82) is 0 Å². The molecule has 6 nitrogen and oxygen atoms in total. The second-order valence-corrected chi connectivity index (χ2v) is 9.32. The zero-order valence-electron chi connectivity index (χ0n) is 17.3. The number of hydrogen-bond donors (Lipinski definition) is 1. The van der Waals surface area contributed by atoms with E-state index in [2.05, 4.69) is 23.4 Å². The van der Waals surface area contributed by atoms with Gasteiger partial charge in [0.05, 0.1) is 11.0 Å². The zero-order valence-corrected chi connectivity index (χ0v) is 18.9. The number of hydrogen-bond acceptors (Lipinski definition) is 5. The summed E-state index contributed by atoms with van der Waals surface area (Å²) in [5, 5.41) is 17.5. The van der Waals surface area contributed by atoms with Crippen LogP contribution in [0.15, 0.2) is 58.5 Å². The van der Waals surface area contributed by atoms with Gasteiger partial charge in [0, 0.05) is 34.5 Å². The minimum Gasteiger partial charge on any atom is -0.465 e. The number of nitrogens with zero attached hydrogens (tertiary/aromatic N) is 3. The van der Waals surface area contributed by atoms with E-state index in [0.29, 0.717) is 23.7 Å². The summed E-state index contributed by atoms with van der Waals surface area (Å²) < 4.78 is 5.55. The van der Waals surface area contributed by atoms with Gasteiger partial charge in [-0.1, -0.05) is 53.2 Å². The molecule has 0 spiro atoms. The maximum absolute atomic E-state index is 11.9. The van der Waals surface area contributed by atoms with Crippen molar-refractivity contribution < 1.29 is 14.4 Å². The third kappa shape index (κ3) is 4.10. The predicted molar refractivity (Wildman–Crippen MR) is 125 cm³/mol. The van der Waals surface area contributed by atoms with Crippen LogP contribution in [0.1, 0.15) is 54.0 Å². The number of amides is 1. The molecule has 2 aromatic heterocycles. The van der Waals surface area contributed by atoms with Crippen molar-refractivity contribution in [3.8, 4) is 11.4 Å². The van der Waals surface area contributed by atoms with Crippen molar-refractivity contribution in [2.24, 2.45) is 0 Å². The third-order valence-corrected chi connectivity index (χ3v) is 7.39. The molecule has 1 aliphatic heterocycles. The van der Waals surface area contributed by atoms with Crippen LogP contribution in [0, 0.1) is 0 Å². The number of allylic oxidation sites excluding steroid dienone is 4. The van der Waals surface area contributed by atoms with E-state index in [4.69, 9.17) is 21.1 Å².